The zero-order chi connectivity index (χ0) is 13.7. The Morgan fingerprint density at radius 2 is 2.16 bits per heavy atom. The second-order valence-corrected chi connectivity index (χ2v) is 6.75. The SMILES string of the molecule is CC(CCl)(NC(=O)C1CCCCS1)c1ccccc1. The summed E-state index contributed by atoms with van der Waals surface area (Å²) in [6.07, 6.45) is 3.34. The van der Waals surface area contributed by atoms with E-state index >= 15 is 0 Å². The van der Waals surface area contributed by atoms with Crippen LogP contribution in [-0.2, 0) is 10.3 Å². The van der Waals surface area contributed by atoms with E-state index in [9.17, 15) is 4.79 Å². The van der Waals surface area contributed by atoms with Crippen molar-refractivity contribution in [3.63, 3.8) is 0 Å². The fourth-order valence-corrected chi connectivity index (χ4v) is 3.71. The number of carbonyl (C=O) groups excluding carboxylic acids is 1. The Bertz CT molecular complexity index is 419. The van der Waals surface area contributed by atoms with Gasteiger partial charge in [-0.2, -0.15) is 0 Å². The van der Waals surface area contributed by atoms with E-state index < -0.39 is 5.54 Å². The third-order valence-corrected chi connectivity index (χ3v) is 5.46. The summed E-state index contributed by atoms with van der Waals surface area (Å²) in [5.41, 5.74) is 0.567. The van der Waals surface area contributed by atoms with Crippen molar-refractivity contribution in [1.29, 1.82) is 0 Å². The number of carbonyl (C=O) groups is 1. The van der Waals surface area contributed by atoms with Crippen LogP contribution in [0.4, 0.5) is 0 Å². The van der Waals surface area contributed by atoms with Gasteiger partial charge >= 0.3 is 0 Å². The molecular formula is C15H20ClNOS. The van der Waals surface area contributed by atoms with E-state index in [4.69, 9.17) is 11.6 Å². The summed E-state index contributed by atoms with van der Waals surface area (Å²) in [6, 6.07) is 9.94. The van der Waals surface area contributed by atoms with E-state index in [-0.39, 0.29) is 11.2 Å². The maximum Gasteiger partial charge on any atom is 0.233 e. The molecule has 0 aliphatic carbocycles. The molecule has 2 rings (SSSR count). The first-order valence-electron chi connectivity index (χ1n) is 6.71. The lowest BCUT2D eigenvalue weighted by Gasteiger charge is -2.32. The summed E-state index contributed by atoms with van der Waals surface area (Å²) < 4.78 is 0. The molecular weight excluding hydrogens is 278 g/mol. The molecule has 1 fully saturated rings. The van der Waals surface area contributed by atoms with Crippen LogP contribution in [0.5, 0.6) is 0 Å². The van der Waals surface area contributed by atoms with E-state index in [0.29, 0.717) is 5.88 Å². The highest BCUT2D eigenvalue weighted by Gasteiger charge is 2.31. The van der Waals surface area contributed by atoms with Crippen molar-refractivity contribution >= 4 is 29.3 Å². The molecule has 1 aliphatic rings. The Morgan fingerprint density at radius 1 is 1.42 bits per heavy atom. The third-order valence-electron chi connectivity index (χ3n) is 3.55. The van der Waals surface area contributed by atoms with E-state index in [1.54, 1.807) is 11.8 Å². The fourth-order valence-electron chi connectivity index (χ4n) is 2.29. The molecule has 0 spiro atoms. The molecule has 0 aromatic heterocycles. The molecule has 1 aromatic rings. The van der Waals surface area contributed by atoms with Gasteiger partial charge in [0, 0.05) is 5.88 Å². The molecule has 2 nitrogen and oxygen atoms in total. The normalized spacial score (nSPS) is 22.5. The number of thioether (sulfide) groups is 1. The standard InChI is InChI=1S/C15H20ClNOS/c1-15(11-16,12-7-3-2-4-8-12)17-14(18)13-9-5-6-10-19-13/h2-4,7-8,13H,5-6,9-11H2,1H3,(H,17,18). The number of alkyl halides is 1. The fraction of sp³-hybridized carbons (Fsp3) is 0.533. The Morgan fingerprint density at radius 3 is 2.74 bits per heavy atom. The molecule has 1 aliphatic heterocycles. The molecule has 2 unspecified atom stereocenters. The molecule has 0 radical (unpaired) electrons. The largest absolute Gasteiger partial charge is 0.345 e. The molecule has 4 heteroatoms. The van der Waals surface area contributed by atoms with Crippen molar-refractivity contribution in [2.24, 2.45) is 0 Å². The minimum atomic E-state index is -0.488. The van der Waals surface area contributed by atoms with Gasteiger partial charge in [0.1, 0.15) is 0 Å². The zero-order valence-electron chi connectivity index (χ0n) is 11.2. The van der Waals surface area contributed by atoms with Crippen molar-refractivity contribution in [2.45, 2.75) is 37.0 Å². The van der Waals surface area contributed by atoms with Crippen LogP contribution in [0.15, 0.2) is 30.3 Å². The smallest absolute Gasteiger partial charge is 0.233 e. The number of rotatable bonds is 4. The van der Waals surface area contributed by atoms with Crippen molar-refractivity contribution in [1.82, 2.24) is 5.32 Å². The Hall–Kier alpha value is -0.670. The number of benzene rings is 1. The predicted octanol–water partition coefficient (Wildman–Crippen LogP) is 3.54. The van der Waals surface area contributed by atoms with Gasteiger partial charge < -0.3 is 5.32 Å². The number of halogens is 1. The van der Waals surface area contributed by atoms with Crippen LogP contribution in [0.2, 0.25) is 0 Å². The summed E-state index contributed by atoms with van der Waals surface area (Å²) in [5.74, 6) is 1.58. The summed E-state index contributed by atoms with van der Waals surface area (Å²) in [6.45, 7) is 1.99. The number of nitrogens with one attached hydrogen (secondary N) is 1. The maximum atomic E-state index is 12.4. The van der Waals surface area contributed by atoms with Gasteiger partial charge in [0.15, 0.2) is 0 Å². The quantitative estimate of drug-likeness (QED) is 0.861. The van der Waals surface area contributed by atoms with Crippen molar-refractivity contribution in [3.8, 4) is 0 Å². The third kappa shape index (κ3) is 3.67. The van der Waals surface area contributed by atoms with Gasteiger partial charge in [0.25, 0.3) is 0 Å². The highest BCUT2D eigenvalue weighted by molar-refractivity contribution is 8.00. The molecule has 1 aromatic carbocycles. The summed E-state index contributed by atoms with van der Waals surface area (Å²) in [4.78, 5) is 12.4. The van der Waals surface area contributed by atoms with Gasteiger partial charge in [-0.3, -0.25) is 4.79 Å². The van der Waals surface area contributed by atoms with Gasteiger partial charge in [-0.25, -0.2) is 0 Å². The first kappa shape index (κ1) is 14.7. The van der Waals surface area contributed by atoms with Crippen LogP contribution in [0.25, 0.3) is 0 Å². The number of hydrogen-bond donors (Lipinski definition) is 1. The summed E-state index contributed by atoms with van der Waals surface area (Å²) >= 11 is 7.87. The Labute approximate surface area is 124 Å². The van der Waals surface area contributed by atoms with Gasteiger partial charge in [-0.15, -0.1) is 23.4 Å². The molecule has 104 valence electrons. The lowest BCUT2D eigenvalue weighted by Crippen LogP contribution is -2.48. The average Bonchev–Trinajstić information content (AvgIpc) is 2.49. The van der Waals surface area contributed by atoms with Crippen LogP contribution in [0.3, 0.4) is 0 Å². The lowest BCUT2D eigenvalue weighted by molar-refractivity contribution is -0.122. The maximum absolute atomic E-state index is 12.4. The van der Waals surface area contributed by atoms with Crippen molar-refractivity contribution in [2.75, 3.05) is 11.6 Å². The first-order chi connectivity index (χ1) is 9.15. The average molecular weight is 298 g/mol. The highest BCUT2D eigenvalue weighted by Crippen LogP contribution is 2.28. The molecule has 1 saturated heterocycles. The van der Waals surface area contributed by atoms with Crippen LogP contribution in [-0.4, -0.2) is 22.8 Å². The Balaban J connectivity index is 2.07. The van der Waals surface area contributed by atoms with E-state index in [0.717, 1.165) is 24.2 Å². The Kier molecular flexibility index (Phi) is 5.17. The molecule has 19 heavy (non-hydrogen) atoms. The molecule has 0 bridgehead atoms. The van der Waals surface area contributed by atoms with Crippen molar-refractivity contribution in [3.05, 3.63) is 35.9 Å². The first-order valence-corrected chi connectivity index (χ1v) is 8.29. The van der Waals surface area contributed by atoms with E-state index in [1.165, 1.54) is 6.42 Å². The van der Waals surface area contributed by atoms with Crippen LogP contribution < -0.4 is 5.32 Å². The molecule has 1 heterocycles. The van der Waals surface area contributed by atoms with Crippen LogP contribution in [0.1, 0.15) is 31.7 Å². The second-order valence-electron chi connectivity index (χ2n) is 5.18. The minimum Gasteiger partial charge on any atom is -0.345 e. The molecule has 0 saturated carbocycles. The zero-order valence-corrected chi connectivity index (χ0v) is 12.8. The van der Waals surface area contributed by atoms with Crippen LogP contribution in [0, 0.1) is 0 Å². The van der Waals surface area contributed by atoms with Gasteiger partial charge in [-0.05, 0) is 31.1 Å². The topological polar surface area (TPSA) is 29.1 Å². The lowest BCUT2D eigenvalue weighted by atomic mass is 9.93. The highest BCUT2D eigenvalue weighted by atomic mass is 35.5. The molecule has 2 atom stereocenters. The predicted molar refractivity (Wildman–Crippen MR) is 82.8 cm³/mol. The van der Waals surface area contributed by atoms with Gasteiger partial charge in [-0.1, -0.05) is 36.8 Å². The monoisotopic (exact) mass is 297 g/mol. The minimum absolute atomic E-state index is 0.0833. The summed E-state index contributed by atoms with van der Waals surface area (Å²) in [5, 5.41) is 3.22. The molecule has 1 amide bonds. The number of hydrogen-bond acceptors (Lipinski definition) is 2. The van der Waals surface area contributed by atoms with E-state index in [1.807, 2.05) is 37.3 Å². The summed E-state index contributed by atoms with van der Waals surface area (Å²) in [7, 11) is 0. The van der Waals surface area contributed by atoms with Gasteiger partial charge in [0.05, 0.1) is 10.8 Å². The second kappa shape index (κ2) is 6.67. The molecule has 1 N–H and O–H groups in total. The van der Waals surface area contributed by atoms with Gasteiger partial charge in [0.2, 0.25) is 5.91 Å². The number of amides is 1. The van der Waals surface area contributed by atoms with Crippen LogP contribution >= 0.6 is 23.4 Å². The van der Waals surface area contributed by atoms with Crippen molar-refractivity contribution < 1.29 is 4.79 Å². The van der Waals surface area contributed by atoms with E-state index in [2.05, 4.69) is 5.32 Å².